The molecule has 1 heterocycles. The molecule has 0 fully saturated rings. The van der Waals surface area contributed by atoms with Crippen molar-refractivity contribution >= 4 is 23.3 Å². The fourth-order valence-electron chi connectivity index (χ4n) is 2.12. The second-order valence-corrected chi connectivity index (χ2v) is 5.95. The predicted molar refractivity (Wildman–Crippen MR) is 84.5 cm³/mol. The SMILES string of the molecule is CCC(CCNC(=O)NC(C)c1ccsc1)CCC(=O)O. The molecule has 21 heavy (non-hydrogen) atoms. The number of amides is 2. The lowest BCUT2D eigenvalue weighted by Crippen LogP contribution is -2.37. The molecular weight excluding hydrogens is 288 g/mol. The van der Waals surface area contributed by atoms with Crippen LogP contribution < -0.4 is 10.6 Å². The van der Waals surface area contributed by atoms with Crippen LogP contribution in [0.15, 0.2) is 16.8 Å². The maximum Gasteiger partial charge on any atom is 0.315 e. The van der Waals surface area contributed by atoms with Gasteiger partial charge in [0, 0.05) is 13.0 Å². The molecule has 0 aliphatic heterocycles. The van der Waals surface area contributed by atoms with Crippen molar-refractivity contribution in [2.24, 2.45) is 5.92 Å². The molecule has 1 aromatic heterocycles. The Balaban J connectivity index is 2.21. The van der Waals surface area contributed by atoms with Crippen molar-refractivity contribution in [3.63, 3.8) is 0 Å². The Hall–Kier alpha value is -1.56. The van der Waals surface area contributed by atoms with E-state index in [1.165, 1.54) is 0 Å². The zero-order valence-corrected chi connectivity index (χ0v) is 13.4. The summed E-state index contributed by atoms with van der Waals surface area (Å²) < 4.78 is 0. The lowest BCUT2D eigenvalue weighted by molar-refractivity contribution is -0.137. The van der Waals surface area contributed by atoms with Gasteiger partial charge < -0.3 is 15.7 Å². The smallest absolute Gasteiger partial charge is 0.315 e. The molecule has 0 aromatic carbocycles. The van der Waals surface area contributed by atoms with Crippen LogP contribution in [0, 0.1) is 5.92 Å². The number of carboxylic acids is 1. The largest absolute Gasteiger partial charge is 0.481 e. The second kappa shape index (κ2) is 9.39. The number of nitrogens with one attached hydrogen (secondary N) is 2. The summed E-state index contributed by atoms with van der Waals surface area (Å²) in [4.78, 5) is 22.3. The van der Waals surface area contributed by atoms with Crippen LogP contribution in [0.3, 0.4) is 0 Å². The number of thiophene rings is 1. The normalized spacial score (nSPS) is 13.4. The van der Waals surface area contributed by atoms with Gasteiger partial charge >= 0.3 is 12.0 Å². The average molecular weight is 312 g/mol. The van der Waals surface area contributed by atoms with E-state index in [1.54, 1.807) is 11.3 Å². The zero-order valence-electron chi connectivity index (χ0n) is 12.6. The van der Waals surface area contributed by atoms with Crippen molar-refractivity contribution in [1.82, 2.24) is 10.6 Å². The molecule has 2 unspecified atom stereocenters. The summed E-state index contributed by atoms with van der Waals surface area (Å²) in [6.07, 6.45) is 2.60. The summed E-state index contributed by atoms with van der Waals surface area (Å²) in [5.41, 5.74) is 1.10. The molecule has 2 atom stereocenters. The molecule has 0 saturated heterocycles. The summed E-state index contributed by atoms with van der Waals surface area (Å²) in [7, 11) is 0. The molecule has 3 N–H and O–H groups in total. The molecule has 5 nitrogen and oxygen atoms in total. The van der Waals surface area contributed by atoms with Crippen LogP contribution in [-0.4, -0.2) is 23.7 Å². The van der Waals surface area contributed by atoms with Gasteiger partial charge in [0.15, 0.2) is 0 Å². The van der Waals surface area contributed by atoms with E-state index in [1.807, 2.05) is 30.7 Å². The van der Waals surface area contributed by atoms with Crippen molar-refractivity contribution in [2.45, 2.75) is 45.6 Å². The Morgan fingerprint density at radius 3 is 2.71 bits per heavy atom. The number of carbonyl (C=O) groups is 2. The number of hydrogen-bond donors (Lipinski definition) is 3. The van der Waals surface area contributed by atoms with Gasteiger partial charge in [0.25, 0.3) is 0 Å². The third-order valence-corrected chi connectivity index (χ3v) is 4.27. The predicted octanol–water partition coefficient (Wildman–Crippen LogP) is 3.39. The summed E-state index contributed by atoms with van der Waals surface area (Å²) in [5.74, 6) is -0.417. The van der Waals surface area contributed by atoms with E-state index in [2.05, 4.69) is 10.6 Å². The molecule has 0 radical (unpaired) electrons. The number of urea groups is 1. The van der Waals surface area contributed by atoms with E-state index in [0.717, 1.165) is 18.4 Å². The minimum Gasteiger partial charge on any atom is -0.481 e. The van der Waals surface area contributed by atoms with Gasteiger partial charge in [-0.3, -0.25) is 4.79 Å². The third kappa shape index (κ3) is 7.13. The van der Waals surface area contributed by atoms with Crippen molar-refractivity contribution in [1.29, 1.82) is 0 Å². The van der Waals surface area contributed by atoms with Gasteiger partial charge in [0.2, 0.25) is 0 Å². The Labute approximate surface area is 129 Å². The van der Waals surface area contributed by atoms with Gasteiger partial charge in [-0.15, -0.1) is 0 Å². The molecular formula is C15H24N2O3S. The van der Waals surface area contributed by atoms with Crippen LogP contribution in [0.4, 0.5) is 4.79 Å². The van der Waals surface area contributed by atoms with Crippen molar-refractivity contribution in [2.75, 3.05) is 6.54 Å². The highest BCUT2D eigenvalue weighted by Crippen LogP contribution is 2.16. The summed E-state index contributed by atoms with van der Waals surface area (Å²) in [6, 6.07) is 1.81. The van der Waals surface area contributed by atoms with Crippen LogP contribution in [-0.2, 0) is 4.79 Å². The van der Waals surface area contributed by atoms with E-state index in [4.69, 9.17) is 5.11 Å². The first-order valence-corrected chi connectivity index (χ1v) is 8.25. The van der Waals surface area contributed by atoms with E-state index in [-0.39, 0.29) is 18.5 Å². The molecule has 0 spiro atoms. The van der Waals surface area contributed by atoms with Gasteiger partial charge in [-0.25, -0.2) is 4.79 Å². The Morgan fingerprint density at radius 2 is 2.14 bits per heavy atom. The maximum atomic E-state index is 11.8. The fourth-order valence-corrected chi connectivity index (χ4v) is 2.88. The Kier molecular flexibility index (Phi) is 7.82. The topological polar surface area (TPSA) is 78.4 Å². The van der Waals surface area contributed by atoms with Crippen molar-refractivity contribution in [3.05, 3.63) is 22.4 Å². The monoisotopic (exact) mass is 312 g/mol. The van der Waals surface area contributed by atoms with E-state index < -0.39 is 5.97 Å². The number of aliphatic carboxylic acids is 1. The van der Waals surface area contributed by atoms with Gasteiger partial charge in [-0.1, -0.05) is 13.3 Å². The molecule has 0 aliphatic rings. The fraction of sp³-hybridized carbons (Fsp3) is 0.600. The van der Waals surface area contributed by atoms with Crippen molar-refractivity contribution in [3.8, 4) is 0 Å². The highest BCUT2D eigenvalue weighted by molar-refractivity contribution is 7.07. The third-order valence-electron chi connectivity index (χ3n) is 3.57. The van der Waals surface area contributed by atoms with Crippen LogP contribution in [0.5, 0.6) is 0 Å². The summed E-state index contributed by atoms with van der Waals surface area (Å²) >= 11 is 1.61. The van der Waals surface area contributed by atoms with Crippen molar-refractivity contribution < 1.29 is 14.7 Å². The highest BCUT2D eigenvalue weighted by Gasteiger charge is 2.11. The number of hydrogen-bond acceptors (Lipinski definition) is 3. The maximum absolute atomic E-state index is 11.8. The second-order valence-electron chi connectivity index (χ2n) is 5.17. The molecule has 2 amide bonds. The van der Waals surface area contributed by atoms with Gasteiger partial charge in [0.05, 0.1) is 6.04 Å². The average Bonchev–Trinajstić information content (AvgIpc) is 2.96. The molecule has 118 valence electrons. The van der Waals surface area contributed by atoms with E-state index in [9.17, 15) is 9.59 Å². The molecule has 0 bridgehead atoms. The highest BCUT2D eigenvalue weighted by atomic mass is 32.1. The quantitative estimate of drug-likeness (QED) is 0.654. The van der Waals surface area contributed by atoms with Gasteiger partial charge in [-0.2, -0.15) is 11.3 Å². The van der Waals surface area contributed by atoms with Crippen LogP contribution in [0.25, 0.3) is 0 Å². The molecule has 0 saturated carbocycles. The molecule has 1 aromatic rings. The summed E-state index contributed by atoms with van der Waals surface area (Å²) in [5, 5.41) is 18.4. The first-order valence-electron chi connectivity index (χ1n) is 7.31. The Bertz CT molecular complexity index is 434. The number of carbonyl (C=O) groups excluding carboxylic acids is 1. The van der Waals surface area contributed by atoms with Crippen LogP contribution in [0.1, 0.15) is 51.1 Å². The molecule has 0 aliphatic carbocycles. The first-order chi connectivity index (χ1) is 10.0. The zero-order chi connectivity index (χ0) is 15.7. The standard InChI is InChI=1S/C15H24N2O3S/c1-3-12(4-5-14(18)19)6-8-16-15(20)17-11(2)13-7-9-21-10-13/h7,9-12H,3-6,8H2,1-2H3,(H,18,19)(H2,16,17,20). The minimum atomic E-state index is -0.760. The minimum absolute atomic E-state index is 0.00904. The van der Waals surface area contributed by atoms with Crippen LogP contribution >= 0.6 is 11.3 Å². The van der Waals surface area contributed by atoms with E-state index in [0.29, 0.717) is 18.9 Å². The van der Waals surface area contributed by atoms with E-state index >= 15 is 0 Å². The lowest BCUT2D eigenvalue weighted by atomic mass is 9.97. The Morgan fingerprint density at radius 1 is 1.38 bits per heavy atom. The number of rotatable bonds is 9. The molecule has 1 rings (SSSR count). The number of carboxylic acid groups (broad SMARTS) is 1. The lowest BCUT2D eigenvalue weighted by Gasteiger charge is -2.16. The first kappa shape index (κ1) is 17.5. The van der Waals surface area contributed by atoms with Gasteiger partial charge in [0.1, 0.15) is 0 Å². The van der Waals surface area contributed by atoms with Crippen LogP contribution in [0.2, 0.25) is 0 Å². The van der Waals surface area contributed by atoms with Gasteiger partial charge in [-0.05, 0) is 48.1 Å². The summed E-state index contributed by atoms with van der Waals surface area (Å²) in [6.45, 7) is 4.56. The molecule has 6 heteroatoms.